The van der Waals surface area contributed by atoms with Gasteiger partial charge in [0, 0.05) is 11.5 Å². The summed E-state index contributed by atoms with van der Waals surface area (Å²) in [4.78, 5) is 27.7. The zero-order valence-corrected chi connectivity index (χ0v) is 16.3. The summed E-state index contributed by atoms with van der Waals surface area (Å²) < 4.78 is 15.6. The Morgan fingerprint density at radius 3 is 2.74 bits per heavy atom. The Labute approximate surface area is 162 Å². The number of nitrogens with one attached hydrogen (secondary N) is 1. The number of hydrogen-bond acceptors (Lipinski definition) is 7. The Morgan fingerprint density at radius 2 is 2.04 bits per heavy atom. The molecule has 1 aromatic carbocycles. The molecule has 8 heteroatoms. The van der Waals surface area contributed by atoms with E-state index in [0.717, 1.165) is 5.56 Å². The Balaban J connectivity index is 1.95. The number of anilines is 1. The lowest BCUT2D eigenvalue weighted by molar-refractivity contribution is -0.142. The molecule has 0 spiro atoms. The number of benzene rings is 1. The van der Waals surface area contributed by atoms with Gasteiger partial charge >= 0.3 is 5.97 Å². The third kappa shape index (κ3) is 6.41. The predicted octanol–water partition coefficient (Wildman–Crippen LogP) is 3.31. The maximum atomic E-state index is 12.1. The largest absolute Gasteiger partial charge is 0.493 e. The van der Waals surface area contributed by atoms with Crippen LogP contribution in [0, 0.1) is 0 Å². The maximum Gasteiger partial charge on any atom is 0.311 e. The van der Waals surface area contributed by atoms with Crippen LogP contribution >= 0.6 is 11.3 Å². The molecule has 1 aromatic heterocycles. The molecular formula is C19H22N2O5S. The van der Waals surface area contributed by atoms with Crippen LogP contribution in [0.25, 0.3) is 6.08 Å². The number of ether oxygens (including phenoxy) is 3. The summed E-state index contributed by atoms with van der Waals surface area (Å²) in [7, 11) is 1.56. The van der Waals surface area contributed by atoms with Gasteiger partial charge in [0.05, 0.1) is 32.4 Å². The highest BCUT2D eigenvalue weighted by atomic mass is 32.1. The lowest BCUT2D eigenvalue weighted by Crippen LogP contribution is -2.09. The maximum absolute atomic E-state index is 12.1. The first kappa shape index (κ1) is 20.4. The van der Waals surface area contributed by atoms with E-state index in [0.29, 0.717) is 35.5 Å². The fourth-order valence-electron chi connectivity index (χ4n) is 2.19. The van der Waals surface area contributed by atoms with Crippen LogP contribution in [-0.2, 0) is 20.7 Å². The Bertz CT molecular complexity index is 816. The van der Waals surface area contributed by atoms with Crippen molar-refractivity contribution in [3.63, 3.8) is 0 Å². The summed E-state index contributed by atoms with van der Waals surface area (Å²) in [5.74, 6) is 0.589. The van der Waals surface area contributed by atoms with E-state index in [1.54, 1.807) is 37.6 Å². The van der Waals surface area contributed by atoms with Gasteiger partial charge in [0.15, 0.2) is 16.6 Å². The second kappa shape index (κ2) is 10.3. The highest BCUT2D eigenvalue weighted by Gasteiger charge is 2.09. The van der Waals surface area contributed by atoms with Crippen molar-refractivity contribution >= 4 is 34.4 Å². The van der Waals surface area contributed by atoms with Gasteiger partial charge < -0.3 is 14.2 Å². The molecule has 0 unspecified atom stereocenters. The molecule has 0 saturated heterocycles. The van der Waals surface area contributed by atoms with E-state index in [1.165, 1.54) is 17.4 Å². The molecule has 0 bridgehead atoms. The second-order valence-electron chi connectivity index (χ2n) is 5.29. The van der Waals surface area contributed by atoms with Gasteiger partial charge in [-0.25, -0.2) is 4.98 Å². The molecule has 2 rings (SSSR count). The molecular weight excluding hydrogens is 368 g/mol. The molecule has 2 aromatic rings. The summed E-state index contributed by atoms with van der Waals surface area (Å²) in [6, 6.07) is 5.41. The summed E-state index contributed by atoms with van der Waals surface area (Å²) in [5.41, 5.74) is 1.36. The molecule has 7 nitrogen and oxygen atoms in total. The van der Waals surface area contributed by atoms with E-state index in [9.17, 15) is 9.59 Å². The van der Waals surface area contributed by atoms with Crippen LogP contribution in [0.2, 0.25) is 0 Å². The summed E-state index contributed by atoms with van der Waals surface area (Å²) in [6.07, 6.45) is 3.16. The lowest BCUT2D eigenvalue weighted by atomic mass is 10.2. The van der Waals surface area contributed by atoms with Crippen molar-refractivity contribution in [2.75, 3.05) is 25.6 Å². The topological polar surface area (TPSA) is 86.8 Å². The Hall–Kier alpha value is -2.87. The SMILES string of the molecule is CCOC(=O)Cc1csc(NC(=O)C=Cc2ccc(OCC)c(OC)c2)n1. The van der Waals surface area contributed by atoms with Gasteiger partial charge in [0.1, 0.15) is 0 Å². The first-order chi connectivity index (χ1) is 13.0. The normalized spacial score (nSPS) is 10.6. The van der Waals surface area contributed by atoms with Crippen LogP contribution in [0.4, 0.5) is 5.13 Å². The van der Waals surface area contributed by atoms with Gasteiger partial charge in [-0.15, -0.1) is 11.3 Å². The van der Waals surface area contributed by atoms with Gasteiger partial charge in [0.2, 0.25) is 5.91 Å². The molecule has 27 heavy (non-hydrogen) atoms. The minimum Gasteiger partial charge on any atom is -0.493 e. The molecule has 1 amide bonds. The van der Waals surface area contributed by atoms with E-state index >= 15 is 0 Å². The number of rotatable bonds is 9. The first-order valence-electron chi connectivity index (χ1n) is 8.45. The number of amides is 1. The molecule has 0 aliphatic rings. The third-order valence-corrected chi connectivity index (χ3v) is 4.13. The van der Waals surface area contributed by atoms with E-state index in [1.807, 2.05) is 13.0 Å². The van der Waals surface area contributed by atoms with Gasteiger partial charge in [-0.3, -0.25) is 14.9 Å². The first-order valence-corrected chi connectivity index (χ1v) is 9.33. The predicted molar refractivity (Wildman–Crippen MR) is 104 cm³/mol. The van der Waals surface area contributed by atoms with Crippen LogP contribution in [0.15, 0.2) is 29.7 Å². The monoisotopic (exact) mass is 390 g/mol. The van der Waals surface area contributed by atoms with Crippen LogP contribution in [0.5, 0.6) is 11.5 Å². The average molecular weight is 390 g/mol. The van der Waals surface area contributed by atoms with Crippen LogP contribution in [0.3, 0.4) is 0 Å². The highest BCUT2D eigenvalue weighted by molar-refractivity contribution is 7.14. The molecule has 1 N–H and O–H groups in total. The Kier molecular flexibility index (Phi) is 7.81. The van der Waals surface area contributed by atoms with Crippen LogP contribution in [0.1, 0.15) is 25.1 Å². The molecule has 0 radical (unpaired) electrons. The fourth-order valence-corrected chi connectivity index (χ4v) is 2.90. The van der Waals surface area contributed by atoms with Crippen LogP contribution in [-0.4, -0.2) is 37.2 Å². The van der Waals surface area contributed by atoms with E-state index in [2.05, 4.69) is 10.3 Å². The minimum absolute atomic E-state index is 0.0853. The smallest absolute Gasteiger partial charge is 0.311 e. The lowest BCUT2D eigenvalue weighted by Gasteiger charge is -2.09. The molecule has 0 atom stereocenters. The zero-order chi connectivity index (χ0) is 19.6. The minimum atomic E-state index is -0.343. The van der Waals surface area contributed by atoms with Crippen molar-refractivity contribution < 1.29 is 23.8 Å². The number of carbonyl (C=O) groups excluding carboxylic acids is 2. The average Bonchev–Trinajstić information content (AvgIpc) is 3.07. The molecule has 1 heterocycles. The summed E-state index contributed by atoms with van der Waals surface area (Å²) >= 11 is 1.25. The standard InChI is InChI=1S/C19H22N2O5S/c1-4-25-15-8-6-13(10-16(15)24-3)7-9-17(22)21-19-20-14(12-27-19)11-18(23)26-5-2/h6-10,12H,4-5,11H2,1-3H3,(H,20,21,22). The summed E-state index contributed by atoms with van der Waals surface area (Å²) in [5, 5.41) is 4.81. The molecule has 0 aliphatic carbocycles. The molecule has 0 aliphatic heterocycles. The molecule has 144 valence electrons. The molecule has 0 saturated carbocycles. The van der Waals surface area contributed by atoms with Crippen molar-refractivity contribution in [2.45, 2.75) is 20.3 Å². The van der Waals surface area contributed by atoms with Crippen molar-refractivity contribution in [1.29, 1.82) is 0 Å². The second-order valence-corrected chi connectivity index (χ2v) is 6.15. The van der Waals surface area contributed by atoms with Crippen molar-refractivity contribution in [3.05, 3.63) is 40.9 Å². The van der Waals surface area contributed by atoms with Crippen molar-refractivity contribution in [2.24, 2.45) is 0 Å². The van der Waals surface area contributed by atoms with Crippen LogP contribution < -0.4 is 14.8 Å². The van der Waals surface area contributed by atoms with Gasteiger partial charge in [0.25, 0.3) is 0 Å². The van der Waals surface area contributed by atoms with E-state index < -0.39 is 0 Å². The molecule has 0 fully saturated rings. The van der Waals surface area contributed by atoms with E-state index in [-0.39, 0.29) is 18.3 Å². The number of thiazole rings is 1. The van der Waals surface area contributed by atoms with Crippen molar-refractivity contribution in [3.8, 4) is 11.5 Å². The number of hydrogen-bond donors (Lipinski definition) is 1. The number of methoxy groups -OCH3 is 1. The number of nitrogens with zero attached hydrogens (tertiary/aromatic N) is 1. The quantitative estimate of drug-likeness (QED) is 0.522. The number of esters is 1. The van der Waals surface area contributed by atoms with E-state index in [4.69, 9.17) is 14.2 Å². The van der Waals surface area contributed by atoms with Gasteiger partial charge in [-0.2, -0.15) is 0 Å². The van der Waals surface area contributed by atoms with Gasteiger partial charge in [-0.1, -0.05) is 6.07 Å². The number of aromatic nitrogens is 1. The number of carbonyl (C=O) groups is 2. The van der Waals surface area contributed by atoms with Crippen molar-refractivity contribution in [1.82, 2.24) is 4.98 Å². The van der Waals surface area contributed by atoms with Gasteiger partial charge in [-0.05, 0) is 37.6 Å². The highest BCUT2D eigenvalue weighted by Crippen LogP contribution is 2.28. The third-order valence-electron chi connectivity index (χ3n) is 3.33. The zero-order valence-electron chi connectivity index (χ0n) is 15.5. The summed E-state index contributed by atoms with van der Waals surface area (Å²) in [6.45, 7) is 4.51. The Morgan fingerprint density at radius 1 is 1.22 bits per heavy atom. The fraction of sp³-hybridized carbons (Fsp3) is 0.316.